The second kappa shape index (κ2) is 4.69. The van der Waals surface area contributed by atoms with Gasteiger partial charge in [-0.15, -0.1) is 0 Å². The van der Waals surface area contributed by atoms with Gasteiger partial charge in [0, 0.05) is 17.1 Å². The fourth-order valence-corrected chi connectivity index (χ4v) is 3.06. The molecular weight excluding hydrogens is 353 g/mol. The molecule has 0 fully saturated rings. The van der Waals surface area contributed by atoms with Crippen LogP contribution in [0.5, 0.6) is 0 Å². The van der Waals surface area contributed by atoms with Gasteiger partial charge in [-0.2, -0.15) is 0 Å². The molecule has 2 aromatic heterocycles. The van der Waals surface area contributed by atoms with Gasteiger partial charge >= 0.3 is 4.87 Å². The van der Waals surface area contributed by atoms with E-state index in [9.17, 15) is 9.18 Å². The minimum Gasteiger partial charge on any atom is -0.331 e. The van der Waals surface area contributed by atoms with Crippen molar-refractivity contribution in [3.8, 4) is 0 Å². The highest BCUT2D eigenvalue weighted by Crippen LogP contribution is 2.23. The fraction of sp³-hybridized carbons (Fsp3) is 0.0909. The van der Waals surface area contributed by atoms with E-state index in [1.54, 1.807) is 16.0 Å². The van der Waals surface area contributed by atoms with E-state index >= 15 is 0 Å². The van der Waals surface area contributed by atoms with E-state index in [2.05, 4.69) is 25.9 Å². The quantitative estimate of drug-likeness (QED) is 0.689. The van der Waals surface area contributed by atoms with Crippen molar-refractivity contribution in [1.82, 2.24) is 14.5 Å². The number of fused-ring (bicyclic) bond motifs is 1. The second-order valence-corrected chi connectivity index (χ2v) is 6.06. The number of hydrogen-bond donors (Lipinski definition) is 2. The van der Waals surface area contributed by atoms with Gasteiger partial charge in [0.05, 0.1) is 22.1 Å². The molecule has 0 saturated carbocycles. The number of rotatable bonds is 2. The Bertz CT molecular complexity index is 876. The predicted molar refractivity (Wildman–Crippen MR) is 78.8 cm³/mol. The summed E-state index contributed by atoms with van der Waals surface area (Å²) in [6.07, 6.45) is 0. The summed E-state index contributed by atoms with van der Waals surface area (Å²) in [5, 5.41) is 1.73. The van der Waals surface area contributed by atoms with Crippen molar-refractivity contribution in [3.05, 3.63) is 47.9 Å². The largest absolute Gasteiger partial charge is 0.331 e. The minimum atomic E-state index is -0.353. The van der Waals surface area contributed by atoms with Crippen molar-refractivity contribution >= 4 is 50.5 Å². The molecule has 0 spiro atoms. The molecule has 0 amide bonds. The molecule has 98 valence electrons. The first kappa shape index (κ1) is 12.8. The van der Waals surface area contributed by atoms with Gasteiger partial charge in [-0.3, -0.25) is 4.79 Å². The van der Waals surface area contributed by atoms with Crippen LogP contribution in [-0.2, 0) is 6.54 Å². The number of benzene rings is 1. The number of H-pyrrole nitrogens is 2. The third-order valence-electron chi connectivity index (χ3n) is 2.72. The van der Waals surface area contributed by atoms with Crippen LogP contribution in [0.4, 0.5) is 4.39 Å². The Balaban J connectivity index is 2.17. The van der Waals surface area contributed by atoms with Crippen LogP contribution in [0.25, 0.3) is 11.0 Å². The first-order chi connectivity index (χ1) is 9.04. The minimum absolute atomic E-state index is 0.115. The van der Waals surface area contributed by atoms with E-state index in [4.69, 9.17) is 12.2 Å². The van der Waals surface area contributed by atoms with Crippen LogP contribution in [0.1, 0.15) is 5.69 Å². The Morgan fingerprint density at radius 2 is 2.21 bits per heavy atom. The molecule has 2 heterocycles. The van der Waals surface area contributed by atoms with Crippen molar-refractivity contribution in [2.45, 2.75) is 6.54 Å². The Kier molecular flexibility index (Phi) is 3.15. The Morgan fingerprint density at radius 3 is 2.89 bits per heavy atom. The number of thiazole rings is 1. The monoisotopic (exact) mass is 359 g/mol. The third kappa shape index (κ3) is 2.31. The van der Waals surface area contributed by atoms with Crippen LogP contribution in [0.2, 0.25) is 0 Å². The van der Waals surface area contributed by atoms with Crippen LogP contribution in [0, 0.1) is 10.6 Å². The number of hydrogen-bond acceptors (Lipinski definition) is 3. The SMILES string of the molecule is O=c1[nH]c(Cn2c(=S)[nH]c3cc(Br)c(F)cc32)cs1. The maximum atomic E-state index is 13.6. The van der Waals surface area contributed by atoms with Gasteiger partial charge in [-0.1, -0.05) is 11.3 Å². The Morgan fingerprint density at radius 1 is 1.42 bits per heavy atom. The normalized spacial score (nSPS) is 11.3. The van der Waals surface area contributed by atoms with Gasteiger partial charge in [0.15, 0.2) is 4.77 Å². The van der Waals surface area contributed by atoms with Crippen molar-refractivity contribution in [1.29, 1.82) is 0 Å². The molecule has 0 bridgehead atoms. The van der Waals surface area contributed by atoms with Gasteiger partial charge < -0.3 is 14.5 Å². The average Bonchev–Trinajstić information content (AvgIpc) is 2.87. The summed E-state index contributed by atoms with van der Waals surface area (Å²) in [7, 11) is 0. The van der Waals surface area contributed by atoms with E-state index in [1.807, 2.05) is 0 Å². The van der Waals surface area contributed by atoms with Crippen LogP contribution in [0.3, 0.4) is 0 Å². The number of halogens is 2. The molecule has 0 saturated heterocycles. The van der Waals surface area contributed by atoms with Gasteiger partial charge in [-0.25, -0.2) is 4.39 Å². The maximum absolute atomic E-state index is 13.6. The molecule has 0 radical (unpaired) electrons. The molecule has 0 unspecified atom stereocenters. The topological polar surface area (TPSA) is 53.6 Å². The molecule has 3 aromatic rings. The third-order valence-corrected chi connectivity index (χ3v) is 4.36. The zero-order valence-electron chi connectivity index (χ0n) is 9.37. The van der Waals surface area contributed by atoms with Gasteiger partial charge in [0.2, 0.25) is 0 Å². The smallest absolute Gasteiger partial charge is 0.304 e. The standard InChI is InChI=1S/C11H7BrFN3OS2/c12-6-1-8-9(2-7(6)13)16(10(18)15-8)3-5-4-19-11(17)14-5/h1-2,4H,3H2,(H,14,17)(H,15,18). The number of aromatic amines is 2. The lowest BCUT2D eigenvalue weighted by Crippen LogP contribution is -2.03. The van der Waals surface area contributed by atoms with E-state index in [1.165, 1.54) is 6.07 Å². The molecule has 0 aliphatic rings. The summed E-state index contributed by atoms with van der Waals surface area (Å²) in [5.74, 6) is -0.353. The molecule has 3 rings (SSSR count). The van der Waals surface area contributed by atoms with Gasteiger partial charge in [0.25, 0.3) is 0 Å². The molecule has 1 aromatic carbocycles. The molecule has 0 atom stereocenters. The zero-order valence-corrected chi connectivity index (χ0v) is 12.6. The first-order valence-electron chi connectivity index (χ1n) is 5.29. The predicted octanol–water partition coefficient (Wildman–Crippen LogP) is 3.40. The average molecular weight is 360 g/mol. The lowest BCUT2D eigenvalue weighted by atomic mass is 10.3. The number of aromatic nitrogens is 3. The molecule has 4 nitrogen and oxygen atoms in total. The van der Waals surface area contributed by atoms with Crippen LogP contribution >= 0.6 is 39.5 Å². The summed E-state index contributed by atoms with van der Waals surface area (Å²) < 4.78 is 16.2. The van der Waals surface area contributed by atoms with Crippen molar-refractivity contribution < 1.29 is 4.39 Å². The highest BCUT2D eigenvalue weighted by molar-refractivity contribution is 9.10. The maximum Gasteiger partial charge on any atom is 0.304 e. The van der Waals surface area contributed by atoms with Crippen LogP contribution < -0.4 is 4.87 Å². The van der Waals surface area contributed by atoms with E-state index in [0.29, 0.717) is 21.3 Å². The zero-order chi connectivity index (χ0) is 13.6. The second-order valence-electron chi connectivity index (χ2n) is 3.97. The van der Waals surface area contributed by atoms with Crippen molar-refractivity contribution in [2.24, 2.45) is 0 Å². The number of imidazole rings is 1. The summed E-state index contributed by atoms with van der Waals surface area (Å²) in [5.41, 5.74) is 2.16. The van der Waals surface area contributed by atoms with Crippen LogP contribution in [0.15, 0.2) is 26.8 Å². The molecule has 0 aliphatic heterocycles. The molecule has 8 heteroatoms. The summed E-state index contributed by atoms with van der Waals surface area (Å²) in [4.78, 5) is 16.7. The number of nitrogens with zero attached hydrogens (tertiary/aromatic N) is 1. The summed E-state index contributed by atoms with van der Waals surface area (Å²) in [6, 6.07) is 3.06. The molecule has 0 aliphatic carbocycles. The highest BCUT2D eigenvalue weighted by Gasteiger charge is 2.10. The lowest BCUT2D eigenvalue weighted by Gasteiger charge is -2.03. The molecule has 2 N–H and O–H groups in total. The van der Waals surface area contributed by atoms with E-state index in [0.717, 1.165) is 22.5 Å². The van der Waals surface area contributed by atoms with E-state index in [-0.39, 0.29) is 10.7 Å². The number of nitrogens with one attached hydrogen (secondary N) is 2. The summed E-state index contributed by atoms with van der Waals surface area (Å²) in [6.45, 7) is 0.401. The van der Waals surface area contributed by atoms with E-state index < -0.39 is 0 Å². The Labute approximate surface area is 124 Å². The fourth-order valence-electron chi connectivity index (χ4n) is 1.87. The van der Waals surface area contributed by atoms with Crippen molar-refractivity contribution in [3.63, 3.8) is 0 Å². The van der Waals surface area contributed by atoms with Gasteiger partial charge in [-0.05, 0) is 34.2 Å². The highest BCUT2D eigenvalue weighted by atomic mass is 79.9. The lowest BCUT2D eigenvalue weighted by molar-refractivity contribution is 0.621. The summed E-state index contributed by atoms with van der Waals surface area (Å²) >= 11 is 9.46. The van der Waals surface area contributed by atoms with Crippen molar-refractivity contribution in [2.75, 3.05) is 0 Å². The molecular formula is C11H7BrFN3OS2. The van der Waals surface area contributed by atoms with Gasteiger partial charge in [0.1, 0.15) is 5.82 Å². The van der Waals surface area contributed by atoms with Crippen LogP contribution in [-0.4, -0.2) is 14.5 Å². The first-order valence-corrected chi connectivity index (χ1v) is 7.37. The Hall–Kier alpha value is -1.25. The molecule has 19 heavy (non-hydrogen) atoms.